The molecule has 0 bridgehead atoms. The van der Waals surface area contributed by atoms with Gasteiger partial charge in [0.15, 0.2) is 0 Å². The topological polar surface area (TPSA) is 56.1 Å². The van der Waals surface area contributed by atoms with Gasteiger partial charge in [0.1, 0.15) is 6.04 Å². The molecule has 23 heavy (non-hydrogen) atoms. The summed E-state index contributed by atoms with van der Waals surface area (Å²) in [5.41, 5.74) is 3.64. The van der Waals surface area contributed by atoms with E-state index in [4.69, 9.17) is 5.26 Å². The summed E-state index contributed by atoms with van der Waals surface area (Å²) in [6.45, 7) is 2.80. The van der Waals surface area contributed by atoms with Crippen LogP contribution in [0, 0.1) is 11.3 Å². The second kappa shape index (κ2) is 6.53. The fraction of sp³-hybridized carbons (Fsp3) is 0.263. The maximum absolute atomic E-state index is 12.6. The lowest BCUT2D eigenvalue weighted by atomic mass is 10.00. The highest BCUT2D eigenvalue weighted by Gasteiger charge is 2.25. The van der Waals surface area contributed by atoms with Crippen molar-refractivity contribution in [2.75, 3.05) is 16.8 Å². The number of para-hydroxylation sites is 1. The maximum Gasteiger partial charge on any atom is 0.246 e. The number of nitriles is 1. The Bertz CT molecular complexity index is 763. The number of nitrogens with zero attached hydrogens (tertiary/aromatic N) is 2. The first-order valence-corrected chi connectivity index (χ1v) is 7.84. The molecule has 1 atom stereocenters. The third kappa shape index (κ3) is 3.19. The Hall–Kier alpha value is -2.80. The van der Waals surface area contributed by atoms with E-state index in [0.717, 1.165) is 25.1 Å². The van der Waals surface area contributed by atoms with Crippen LogP contribution < -0.4 is 10.2 Å². The van der Waals surface area contributed by atoms with Crippen LogP contribution in [0.1, 0.15) is 24.5 Å². The van der Waals surface area contributed by atoms with Crippen LogP contribution >= 0.6 is 0 Å². The van der Waals surface area contributed by atoms with Gasteiger partial charge in [-0.3, -0.25) is 4.79 Å². The number of carbonyl (C=O) groups excluding carboxylic acids is 1. The van der Waals surface area contributed by atoms with Crippen molar-refractivity contribution in [3.63, 3.8) is 0 Å². The zero-order valence-electron chi connectivity index (χ0n) is 13.1. The van der Waals surface area contributed by atoms with Gasteiger partial charge in [-0.15, -0.1) is 0 Å². The summed E-state index contributed by atoms with van der Waals surface area (Å²) in [5, 5.41) is 11.9. The lowest BCUT2D eigenvalue weighted by Gasteiger charge is -2.35. The summed E-state index contributed by atoms with van der Waals surface area (Å²) in [6.07, 6.45) is 2.11. The smallest absolute Gasteiger partial charge is 0.246 e. The maximum atomic E-state index is 12.6. The number of amides is 1. The lowest BCUT2D eigenvalue weighted by Crippen LogP contribution is -2.44. The Kier molecular flexibility index (Phi) is 4.29. The second-order valence-corrected chi connectivity index (χ2v) is 5.78. The Balaban J connectivity index is 1.77. The molecule has 2 aromatic rings. The molecule has 1 aliphatic rings. The van der Waals surface area contributed by atoms with Crippen molar-refractivity contribution in [2.24, 2.45) is 0 Å². The van der Waals surface area contributed by atoms with Crippen molar-refractivity contribution in [3.8, 4) is 6.07 Å². The average Bonchev–Trinajstić information content (AvgIpc) is 2.60. The fourth-order valence-corrected chi connectivity index (χ4v) is 3.02. The van der Waals surface area contributed by atoms with Crippen molar-refractivity contribution in [1.82, 2.24) is 0 Å². The SMILES string of the molecule is C[C@@H](C(=O)Nc1cccc(C#N)c1)N1CCCc2ccccc21. The number of fused-ring (bicyclic) bond motifs is 1. The number of rotatable bonds is 3. The molecule has 116 valence electrons. The van der Waals surface area contributed by atoms with Gasteiger partial charge in [0.05, 0.1) is 11.6 Å². The van der Waals surface area contributed by atoms with E-state index in [1.54, 1.807) is 24.3 Å². The molecule has 0 saturated heterocycles. The van der Waals surface area contributed by atoms with E-state index < -0.39 is 0 Å². The number of hydrogen-bond donors (Lipinski definition) is 1. The summed E-state index contributed by atoms with van der Waals surface area (Å²) >= 11 is 0. The second-order valence-electron chi connectivity index (χ2n) is 5.78. The number of benzene rings is 2. The fourth-order valence-electron chi connectivity index (χ4n) is 3.02. The van der Waals surface area contributed by atoms with Crippen LogP contribution in [0.15, 0.2) is 48.5 Å². The van der Waals surface area contributed by atoms with Gasteiger partial charge in [-0.2, -0.15) is 5.26 Å². The van der Waals surface area contributed by atoms with Gasteiger partial charge in [-0.25, -0.2) is 0 Å². The minimum absolute atomic E-state index is 0.0585. The van der Waals surface area contributed by atoms with Crippen LogP contribution in [0.3, 0.4) is 0 Å². The monoisotopic (exact) mass is 305 g/mol. The average molecular weight is 305 g/mol. The molecule has 3 rings (SSSR count). The standard InChI is InChI=1S/C19H19N3O/c1-14(19(23)21-17-9-4-6-15(12-17)13-20)22-11-5-8-16-7-2-3-10-18(16)22/h2-4,6-7,9-10,12,14H,5,8,11H2,1H3,(H,21,23)/t14-/m0/s1. The third-order valence-electron chi connectivity index (χ3n) is 4.25. The van der Waals surface area contributed by atoms with Crippen LogP contribution in [-0.4, -0.2) is 18.5 Å². The van der Waals surface area contributed by atoms with E-state index in [1.165, 1.54) is 5.56 Å². The van der Waals surface area contributed by atoms with Crippen molar-refractivity contribution in [2.45, 2.75) is 25.8 Å². The first-order valence-electron chi connectivity index (χ1n) is 7.84. The Morgan fingerprint density at radius 3 is 2.91 bits per heavy atom. The molecular weight excluding hydrogens is 286 g/mol. The van der Waals surface area contributed by atoms with Crippen LogP contribution in [-0.2, 0) is 11.2 Å². The summed E-state index contributed by atoms with van der Waals surface area (Å²) in [4.78, 5) is 14.7. The normalized spacial score (nSPS) is 14.5. The Morgan fingerprint density at radius 1 is 1.26 bits per heavy atom. The van der Waals surface area contributed by atoms with E-state index in [2.05, 4.69) is 28.4 Å². The Morgan fingerprint density at radius 2 is 2.09 bits per heavy atom. The van der Waals surface area contributed by atoms with Gasteiger partial charge in [-0.05, 0) is 49.6 Å². The molecule has 4 nitrogen and oxygen atoms in total. The van der Waals surface area contributed by atoms with E-state index in [9.17, 15) is 4.79 Å². The highest BCUT2D eigenvalue weighted by molar-refractivity contribution is 5.97. The summed E-state index contributed by atoms with van der Waals surface area (Å²) in [7, 11) is 0. The number of nitrogens with one attached hydrogen (secondary N) is 1. The number of aryl methyl sites for hydroxylation is 1. The molecule has 0 unspecified atom stereocenters. The van der Waals surface area contributed by atoms with Crippen molar-refractivity contribution in [3.05, 3.63) is 59.7 Å². The van der Waals surface area contributed by atoms with Gasteiger partial charge in [0.2, 0.25) is 5.91 Å². The molecule has 0 aromatic heterocycles. The highest BCUT2D eigenvalue weighted by atomic mass is 16.2. The molecule has 0 aliphatic carbocycles. The predicted octanol–water partition coefficient (Wildman–Crippen LogP) is 3.34. The van der Waals surface area contributed by atoms with E-state index in [1.807, 2.05) is 19.1 Å². The summed E-state index contributed by atoms with van der Waals surface area (Å²) in [6, 6.07) is 17.1. The molecule has 1 heterocycles. The van der Waals surface area contributed by atoms with Crippen LogP contribution in [0.2, 0.25) is 0 Å². The number of anilines is 2. The molecule has 1 aliphatic heterocycles. The Labute approximate surface area is 136 Å². The van der Waals surface area contributed by atoms with Gasteiger partial charge >= 0.3 is 0 Å². The van der Waals surface area contributed by atoms with Crippen LogP contribution in [0.25, 0.3) is 0 Å². The highest BCUT2D eigenvalue weighted by Crippen LogP contribution is 2.28. The predicted molar refractivity (Wildman–Crippen MR) is 91.4 cm³/mol. The largest absolute Gasteiger partial charge is 0.360 e. The first kappa shape index (κ1) is 15.1. The third-order valence-corrected chi connectivity index (χ3v) is 4.25. The van der Waals surface area contributed by atoms with Gasteiger partial charge < -0.3 is 10.2 Å². The summed E-state index contributed by atoms with van der Waals surface area (Å²) < 4.78 is 0. The summed E-state index contributed by atoms with van der Waals surface area (Å²) in [5.74, 6) is -0.0585. The van der Waals surface area contributed by atoms with E-state index in [0.29, 0.717) is 11.3 Å². The number of carbonyl (C=O) groups is 1. The van der Waals surface area contributed by atoms with Crippen molar-refractivity contribution < 1.29 is 4.79 Å². The van der Waals surface area contributed by atoms with Gasteiger partial charge in [-0.1, -0.05) is 24.3 Å². The van der Waals surface area contributed by atoms with Crippen molar-refractivity contribution in [1.29, 1.82) is 5.26 Å². The van der Waals surface area contributed by atoms with Gasteiger partial charge in [0, 0.05) is 17.9 Å². The van der Waals surface area contributed by atoms with Crippen LogP contribution in [0.5, 0.6) is 0 Å². The number of hydrogen-bond acceptors (Lipinski definition) is 3. The molecule has 1 N–H and O–H groups in total. The van der Waals surface area contributed by atoms with Gasteiger partial charge in [0.25, 0.3) is 0 Å². The zero-order valence-corrected chi connectivity index (χ0v) is 13.1. The lowest BCUT2D eigenvalue weighted by molar-refractivity contribution is -0.117. The molecule has 0 radical (unpaired) electrons. The minimum Gasteiger partial charge on any atom is -0.360 e. The molecule has 0 fully saturated rings. The molecular formula is C19H19N3O. The van der Waals surface area contributed by atoms with Crippen LogP contribution in [0.4, 0.5) is 11.4 Å². The molecule has 4 heteroatoms. The zero-order chi connectivity index (χ0) is 16.2. The van der Waals surface area contributed by atoms with E-state index in [-0.39, 0.29) is 11.9 Å². The van der Waals surface area contributed by atoms with Crippen molar-refractivity contribution >= 4 is 17.3 Å². The van der Waals surface area contributed by atoms with E-state index >= 15 is 0 Å². The minimum atomic E-state index is -0.262. The molecule has 0 saturated carbocycles. The molecule has 1 amide bonds. The molecule has 0 spiro atoms. The first-order chi connectivity index (χ1) is 11.2. The molecule has 2 aromatic carbocycles. The quantitative estimate of drug-likeness (QED) is 0.946.